The van der Waals surface area contributed by atoms with Gasteiger partial charge < -0.3 is 10.1 Å². The first kappa shape index (κ1) is 15.6. The highest BCUT2D eigenvalue weighted by atomic mass is 19.1. The lowest BCUT2D eigenvalue weighted by Crippen LogP contribution is -2.60. The van der Waals surface area contributed by atoms with Gasteiger partial charge in [-0.25, -0.2) is 9.18 Å². The van der Waals surface area contributed by atoms with Gasteiger partial charge in [0, 0.05) is 5.54 Å². The molecule has 1 aromatic carbocycles. The minimum atomic E-state index is -0.601. The minimum Gasteiger partial charge on any atom is -0.452 e. The Hall–Kier alpha value is -1.91. The number of esters is 1. The predicted octanol–water partition coefficient (Wildman–Crippen LogP) is 3.07. The molecule has 4 saturated carbocycles. The Morgan fingerprint density at radius 1 is 1.04 bits per heavy atom. The molecule has 0 heterocycles. The topological polar surface area (TPSA) is 55.4 Å². The fourth-order valence-corrected chi connectivity index (χ4v) is 5.40. The van der Waals surface area contributed by atoms with E-state index in [-0.39, 0.29) is 23.6 Å². The number of ether oxygens (including phenoxy) is 1. The molecular weight excluding hydrogens is 309 g/mol. The lowest BCUT2D eigenvalue weighted by Gasteiger charge is -2.56. The van der Waals surface area contributed by atoms with Gasteiger partial charge in [0.1, 0.15) is 5.82 Å². The predicted molar refractivity (Wildman–Crippen MR) is 85.7 cm³/mol. The van der Waals surface area contributed by atoms with Crippen LogP contribution in [0.1, 0.15) is 48.9 Å². The van der Waals surface area contributed by atoms with Gasteiger partial charge in [0.25, 0.3) is 5.91 Å². The molecule has 0 atom stereocenters. The molecule has 1 N–H and O–H groups in total. The number of amides is 1. The maximum atomic E-state index is 12.9. The maximum absolute atomic E-state index is 12.9. The zero-order chi connectivity index (χ0) is 16.7. The molecule has 0 aliphatic heterocycles. The highest BCUT2D eigenvalue weighted by Gasteiger charge is 2.51. The van der Waals surface area contributed by atoms with Crippen LogP contribution in [0.5, 0.6) is 0 Å². The fraction of sp³-hybridized carbons (Fsp3) is 0.579. The number of hydrogen-bond acceptors (Lipinski definition) is 3. The Kier molecular flexibility index (Phi) is 3.82. The number of rotatable bonds is 4. The molecule has 0 aromatic heterocycles. The van der Waals surface area contributed by atoms with Gasteiger partial charge in [0.15, 0.2) is 6.61 Å². The largest absolute Gasteiger partial charge is 0.452 e. The van der Waals surface area contributed by atoms with E-state index >= 15 is 0 Å². The summed E-state index contributed by atoms with van der Waals surface area (Å²) in [6, 6.07) is 5.11. The number of benzene rings is 1. The van der Waals surface area contributed by atoms with E-state index in [2.05, 4.69) is 5.32 Å². The third-order valence-electron chi connectivity index (χ3n) is 5.86. The van der Waals surface area contributed by atoms with Crippen LogP contribution in [0.4, 0.5) is 4.39 Å². The van der Waals surface area contributed by atoms with Crippen LogP contribution in [-0.4, -0.2) is 24.0 Å². The molecule has 4 aliphatic rings. The van der Waals surface area contributed by atoms with Gasteiger partial charge >= 0.3 is 5.97 Å². The van der Waals surface area contributed by atoms with Crippen LogP contribution >= 0.6 is 0 Å². The van der Waals surface area contributed by atoms with Crippen molar-refractivity contribution in [2.75, 3.05) is 6.61 Å². The SMILES string of the molecule is O=C(COC(=O)c1ccc(F)cc1)NC12CC3CC(CC(C3)C1)C2. The van der Waals surface area contributed by atoms with Crippen LogP contribution < -0.4 is 5.32 Å². The van der Waals surface area contributed by atoms with Gasteiger partial charge in [-0.3, -0.25) is 4.79 Å². The second-order valence-electron chi connectivity index (χ2n) is 7.83. The van der Waals surface area contributed by atoms with E-state index in [0.717, 1.165) is 37.0 Å². The minimum absolute atomic E-state index is 0.0753. The van der Waals surface area contributed by atoms with Crippen LogP contribution in [0.25, 0.3) is 0 Å². The van der Waals surface area contributed by atoms with Crippen molar-refractivity contribution in [1.82, 2.24) is 5.32 Å². The lowest BCUT2D eigenvalue weighted by molar-refractivity contribution is -0.130. The molecule has 4 nitrogen and oxygen atoms in total. The molecule has 0 radical (unpaired) electrons. The summed E-state index contributed by atoms with van der Waals surface area (Å²) in [6.45, 7) is -0.280. The highest BCUT2D eigenvalue weighted by molar-refractivity contribution is 5.91. The molecule has 0 saturated heterocycles. The van der Waals surface area contributed by atoms with E-state index in [9.17, 15) is 14.0 Å². The van der Waals surface area contributed by atoms with Crippen molar-refractivity contribution in [3.63, 3.8) is 0 Å². The van der Waals surface area contributed by atoms with E-state index in [1.165, 1.54) is 43.5 Å². The van der Waals surface area contributed by atoms with Crippen molar-refractivity contribution in [3.05, 3.63) is 35.6 Å². The second kappa shape index (κ2) is 5.87. The molecule has 5 heteroatoms. The van der Waals surface area contributed by atoms with Gasteiger partial charge in [-0.15, -0.1) is 0 Å². The van der Waals surface area contributed by atoms with Gasteiger partial charge in [-0.2, -0.15) is 0 Å². The van der Waals surface area contributed by atoms with Crippen molar-refractivity contribution < 1.29 is 18.7 Å². The van der Waals surface area contributed by atoms with Crippen LogP contribution in [0.3, 0.4) is 0 Å². The van der Waals surface area contributed by atoms with Crippen LogP contribution in [0.15, 0.2) is 24.3 Å². The van der Waals surface area contributed by atoms with Gasteiger partial charge in [0.2, 0.25) is 0 Å². The lowest BCUT2D eigenvalue weighted by atomic mass is 9.53. The van der Waals surface area contributed by atoms with E-state index in [0.29, 0.717) is 0 Å². The van der Waals surface area contributed by atoms with E-state index < -0.39 is 11.8 Å². The van der Waals surface area contributed by atoms with Gasteiger partial charge in [-0.1, -0.05) is 0 Å². The third kappa shape index (κ3) is 3.04. The normalized spacial score (nSPS) is 33.3. The zero-order valence-corrected chi connectivity index (χ0v) is 13.6. The molecular formula is C19H22FNO3. The summed E-state index contributed by atoms with van der Waals surface area (Å²) < 4.78 is 17.9. The monoisotopic (exact) mass is 331 g/mol. The van der Waals surface area contributed by atoms with Crippen LogP contribution in [-0.2, 0) is 9.53 Å². The molecule has 0 unspecified atom stereocenters. The summed E-state index contributed by atoms with van der Waals surface area (Å²) in [6.07, 6.45) is 7.14. The molecule has 128 valence electrons. The zero-order valence-electron chi connectivity index (χ0n) is 13.6. The molecule has 4 aliphatic carbocycles. The summed E-state index contributed by atoms with van der Waals surface area (Å²) in [5.74, 6) is 1.00. The van der Waals surface area contributed by atoms with E-state index in [1.807, 2.05) is 0 Å². The average molecular weight is 331 g/mol. The first-order valence-corrected chi connectivity index (χ1v) is 8.75. The number of carbonyl (C=O) groups is 2. The van der Waals surface area contributed by atoms with E-state index in [4.69, 9.17) is 4.74 Å². The number of hydrogen-bond donors (Lipinski definition) is 1. The summed E-state index contributed by atoms with van der Waals surface area (Å²) in [5.41, 5.74) is 0.174. The Morgan fingerprint density at radius 2 is 1.58 bits per heavy atom. The van der Waals surface area contributed by atoms with Crippen molar-refractivity contribution in [1.29, 1.82) is 0 Å². The number of halogens is 1. The first-order valence-electron chi connectivity index (χ1n) is 8.75. The van der Waals surface area contributed by atoms with Crippen molar-refractivity contribution in [2.45, 2.75) is 44.1 Å². The Labute approximate surface area is 140 Å². The third-order valence-corrected chi connectivity index (χ3v) is 5.86. The molecule has 1 amide bonds. The molecule has 1 aromatic rings. The Balaban J connectivity index is 1.32. The maximum Gasteiger partial charge on any atom is 0.338 e. The van der Waals surface area contributed by atoms with Crippen LogP contribution in [0.2, 0.25) is 0 Å². The van der Waals surface area contributed by atoms with Crippen molar-refractivity contribution in [3.8, 4) is 0 Å². The smallest absolute Gasteiger partial charge is 0.338 e. The molecule has 5 rings (SSSR count). The quantitative estimate of drug-likeness (QED) is 0.863. The Morgan fingerprint density at radius 3 is 2.12 bits per heavy atom. The van der Waals surface area contributed by atoms with Crippen molar-refractivity contribution in [2.24, 2.45) is 17.8 Å². The van der Waals surface area contributed by atoms with Gasteiger partial charge in [0.05, 0.1) is 5.56 Å². The summed E-state index contributed by atoms with van der Waals surface area (Å²) in [7, 11) is 0. The van der Waals surface area contributed by atoms with Crippen molar-refractivity contribution >= 4 is 11.9 Å². The summed E-state index contributed by atoms with van der Waals surface area (Å²) in [5, 5.41) is 3.16. The van der Waals surface area contributed by atoms with Gasteiger partial charge in [-0.05, 0) is 80.5 Å². The summed E-state index contributed by atoms with van der Waals surface area (Å²) in [4.78, 5) is 24.2. The molecule has 24 heavy (non-hydrogen) atoms. The van der Waals surface area contributed by atoms with E-state index in [1.54, 1.807) is 0 Å². The fourth-order valence-electron chi connectivity index (χ4n) is 5.40. The van der Waals surface area contributed by atoms with Crippen LogP contribution in [0, 0.1) is 23.6 Å². The molecule has 0 spiro atoms. The first-order chi connectivity index (χ1) is 11.5. The standard InChI is InChI=1S/C19H22FNO3/c20-16-3-1-15(2-4-16)18(23)24-11-17(22)21-19-8-12-5-13(9-19)7-14(6-12)10-19/h1-4,12-14H,5-11H2,(H,21,22). The second-order valence-corrected chi connectivity index (χ2v) is 7.83. The average Bonchev–Trinajstić information content (AvgIpc) is 2.51. The molecule has 4 fully saturated rings. The number of carbonyl (C=O) groups excluding carboxylic acids is 2. The highest BCUT2D eigenvalue weighted by Crippen LogP contribution is 2.55. The summed E-state index contributed by atoms with van der Waals surface area (Å²) >= 11 is 0. The Bertz CT molecular complexity index is 620. The number of nitrogens with one attached hydrogen (secondary N) is 1. The molecule has 4 bridgehead atoms.